The van der Waals surface area contributed by atoms with Gasteiger partial charge in [0.15, 0.2) is 0 Å². The molecule has 0 saturated carbocycles. The molecular formula is C20H23ClN4O4S2. The highest BCUT2D eigenvalue weighted by Gasteiger charge is 2.28. The van der Waals surface area contributed by atoms with Crippen LogP contribution in [0.25, 0.3) is 0 Å². The number of ether oxygens (including phenoxy) is 1. The number of carbonyl (C=O) groups is 3. The fourth-order valence-corrected chi connectivity index (χ4v) is 4.69. The summed E-state index contributed by atoms with van der Waals surface area (Å²) in [5, 5.41) is 14.0. The number of carbonyl (C=O) groups excluding carboxylic acids is 3. The number of thiophene rings is 1. The summed E-state index contributed by atoms with van der Waals surface area (Å²) in [5.74, 6) is 0.0301. The van der Waals surface area contributed by atoms with E-state index in [9.17, 15) is 14.4 Å². The van der Waals surface area contributed by atoms with Gasteiger partial charge in [0.05, 0.1) is 25.1 Å². The summed E-state index contributed by atoms with van der Waals surface area (Å²) < 4.78 is 5.22. The zero-order chi connectivity index (χ0) is 22.2. The third kappa shape index (κ3) is 7.42. The van der Waals surface area contributed by atoms with E-state index in [2.05, 4.69) is 21.3 Å². The molecule has 2 atom stereocenters. The van der Waals surface area contributed by atoms with Gasteiger partial charge in [0, 0.05) is 28.8 Å². The summed E-state index contributed by atoms with van der Waals surface area (Å²) in [4.78, 5) is 37.7. The number of halogens is 1. The first-order chi connectivity index (χ1) is 14.9. The Morgan fingerprint density at radius 2 is 2.16 bits per heavy atom. The predicted molar refractivity (Wildman–Crippen MR) is 123 cm³/mol. The summed E-state index contributed by atoms with van der Waals surface area (Å²) >= 11 is 8.78. The molecule has 0 spiro atoms. The summed E-state index contributed by atoms with van der Waals surface area (Å²) in [6, 6.07) is 8.53. The number of hydrogen-bond donors (Lipinski definition) is 4. The molecule has 4 N–H and O–H groups in total. The van der Waals surface area contributed by atoms with Crippen molar-refractivity contribution in [1.82, 2.24) is 16.0 Å². The lowest BCUT2D eigenvalue weighted by molar-refractivity contribution is -0.125. The third-order valence-corrected chi connectivity index (χ3v) is 6.53. The van der Waals surface area contributed by atoms with E-state index in [4.69, 9.17) is 16.3 Å². The van der Waals surface area contributed by atoms with Gasteiger partial charge in [-0.3, -0.25) is 19.7 Å². The Bertz CT molecular complexity index is 926. The Morgan fingerprint density at radius 1 is 1.32 bits per heavy atom. The maximum atomic E-state index is 12.3. The van der Waals surface area contributed by atoms with Crippen molar-refractivity contribution >= 4 is 58.1 Å². The van der Waals surface area contributed by atoms with Crippen molar-refractivity contribution in [3.8, 4) is 5.75 Å². The molecule has 3 amide bonds. The van der Waals surface area contributed by atoms with E-state index in [1.165, 1.54) is 18.9 Å². The van der Waals surface area contributed by atoms with Gasteiger partial charge in [0.2, 0.25) is 17.7 Å². The number of benzene rings is 1. The Balaban J connectivity index is 1.45. The smallest absolute Gasteiger partial charge is 0.234 e. The fraction of sp³-hybridized carbons (Fsp3) is 0.350. The van der Waals surface area contributed by atoms with E-state index in [0.29, 0.717) is 23.0 Å². The number of thioether (sulfide) groups is 1. The van der Waals surface area contributed by atoms with E-state index in [1.807, 2.05) is 17.5 Å². The molecule has 1 aromatic heterocycles. The lowest BCUT2D eigenvalue weighted by Crippen LogP contribution is -2.56. The van der Waals surface area contributed by atoms with E-state index < -0.39 is 5.50 Å². The minimum Gasteiger partial charge on any atom is -0.495 e. The van der Waals surface area contributed by atoms with Gasteiger partial charge in [0.25, 0.3) is 0 Å². The van der Waals surface area contributed by atoms with Crippen LogP contribution in [0, 0.1) is 0 Å². The first kappa shape index (κ1) is 23.4. The second-order valence-electron chi connectivity index (χ2n) is 6.78. The van der Waals surface area contributed by atoms with E-state index in [0.717, 1.165) is 4.88 Å². The van der Waals surface area contributed by atoms with E-state index >= 15 is 0 Å². The van der Waals surface area contributed by atoms with Crippen molar-refractivity contribution in [2.45, 2.75) is 30.9 Å². The molecule has 166 valence electrons. The average molecular weight is 483 g/mol. The minimum absolute atomic E-state index is 0.0882. The van der Waals surface area contributed by atoms with Crippen LogP contribution >= 0.6 is 34.7 Å². The number of methoxy groups -OCH3 is 1. The Labute approximate surface area is 193 Å². The number of amides is 3. The first-order valence-electron chi connectivity index (χ1n) is 9.52. The molecule has 2 unspecified atom stereocenters. The van der Waals surface area contributed by atoms with Crippen molar-refractivity contribution in [1.29, 1.82) is 0 Å². The van der Waals surface area contributed by atoms with Crippen LogP contribution in [-0.4, -0.2) is 42.1 Å². The highest BCUT2D eigenvalue weighted by Crippen LogP contribution is 2.28. The van der Waals surface area contributed by atoms with Gasteiger partial charge in [-0.2, -0.15) is 0 Å². The van der Waals surface area contributed by atoms with Crippen LogP contribution in [0.1, 0.15) is 17.7 Å². The van der Waals surface area contributed by atoms with Crippen LogP contribution in [0.2, 0.25) is 5.02 Å². The number of anilines is 1. The summed E-state index contributed by atoms with van der Waals surface area (Å²) in [6.45, 7) is 0.473. The summed E-state index contributed by atoms with van der Waals surface area (Å²) in [7, 11) is 1.51. The van der Waals surface area contributed by atoms with Crippen molar-refractivity contribution in [3.05, 3.63) is 45.6 Å². The maximum Gasteiger partial charge on any atom is 0.234 e. The Morgan fingerprint density at radius 3 is 2.90 bits per heavy atom. The lowest BCUT2D eigenvalue weighted by Gasteiger charge is -2.30. The molecule has 1 fully saturated rings. The maximum absolute atomic E-state index is 12.3. The number of rotatable bonds is 9. The normalized spacial score (nSPS) is 18.2. The van der Waals surface area contributed by atoms with Crippen molar-refractivity contribution in [3.63, 3.8) is 0 Å². The predicted octanol–water partition coefficient (Wildman–Crippen LogP) is 2.55. The fourth-order valence-electron chi connectivity index (χ4n) is 2.98. The molecule has 8 nitrogen and oxygen atoms in total. The quantitative estimate of drug-likeness (QED) is 0.437. The molecule has 1 aromatic carbocycles. The van der Waals surface area contributed by atoms with Crippen LogP contribution in [0.5, 0.6) is 5.75 Å². The van der Waals surface area contributed by atoms with E-state index in [-0.39, 0.29) is 42.4 Å². The molecule has 1 saturated heterocycles. The Hall–Kier alpha value is -2.27. The van der Waals surface area contributed by atoms with Crippen LogP contribution in [0.3, 0.4) is 0 Å². The van der Waals surface area contributed by atoms with Gasteiger partial charge in [-0.05, 0) is 29.6 Å². The van der Waals surface area contributed by atoms with Crippen LogP contribution < -0.4 is 26.0 Å². The van der Waals surface area contributed by atoms with Gasteiger partial charge >= 0.3 is 0 Å². The molecular weight excluding hydrogens is 460 g/mol. The number of nitrogens with one attached hydrogen (secondary N) is 4. The SMILES string of the molecule is COc1ccc(Cl)cc1NC(=O)CSC1NC(=O)CC(CC(=O)NCc2cccs2)N1. The molecule has 1 aliphatic rings. The summed E-state index contributed by atoms with van der Waals surface area (Å²) in [6.07, 6.45) is 0.386. The van der Waals surface area contributed by atoms with E-state index in [1.54, 1.807) is 29.5 Å². The van der Waals surface area contributed by atoms with Crippen molar-refractivity contribution in [2.75, 3.05) is 18.2 Å². The van der Waals surface area contributed by atoms with Crippen molar-refractivity contribution < 1.29 is 19.1 Å². The van der Waals surface area contributed by atoms with Crippen LogP contribution in [0.15, 0.2) is 35.7 Å². The van der Waals surface area contributed by atoms with Crippen LogP contribution in [0.4, 0.5) is 5.69 Å². The van der Waals surface area contributed by atoms with Gasteiger partial charge in [0.1, 0.15) is 11.2 Å². The molecule has 0 aliphatic carbocycles. The summed E-state index contributed by atoms with van der Waals surface area (Å²) in [5.41, 5.74) is 0.00452. The third-order valence-electron chi connectivity index (χ3n) is 4.40. The Kier molecular flexibility index (Phi) is 8.59. The highest BCUT2D eigenvalue weighted by atomic mass is 35.5. The molecule has 31 heavy (non-hydrogen) atoms. The highest BCUT2D eigenvalue weighted by molar-refractivity contribution is 8.00. The monoisotopic (exact) mass is 482 g/mol. The van der Waals surface area contributed by atoms with Gasteiger partial charge in [-0.25, -0.2) is 0 Å². The molecule has 2 heterocycles. The second kappa shape index (κ2) is 11.4. The van der Waals surface area contributed by atoms with Crippen molar-refractivity contribution in [2.24, 2.45) is 0 Å². The molecule has 1 aliphatic heterocycles. The topological polar surface area (TPSA) is 109 Å². The zero-order valence-electron chi connectivity index (χ0n) is 16.8. The number of hydrogen-bond acceptors (Lipinski definition) is 7. The molecule has 3 rings (SSSR count). The molecule has 0 radical (unpaired) electrons. The largest absolute Gasteiger partial charge is 0.495 e. The van der Waals surface area contributed by atoms with Gasteiger partial charge in [-0.1, -0.05) is 17.7 Å². The first-order valence-corrected chi connectivity index (χ1v) is 11.8. The molecule has 11 heteroatoms. The lowest BCUT2D eigenvalue weighted by atomic mass is 10.1. The van der Waals surface area contributed by atoms with Crippen LogP contribution in [-0.2, 0) is 20.9 Å². The molecule has 0 bridgehead atoms. The minimum atomic E-state index is -0.469. The van der Waals surface area contributed by atoms with Gasteiger partial charge < -0.3 is 20.7 Å². The standard InChI is InChI=1S/C20H23ClN4O4S2/c1-29-16-5-4-12(21)7-15(16)24-19(28)11-31-20-23-13(9-18(27)25-20)8-17(26)22-10-14-3-2-6-30-14/h2-7,13,20,23H,8-11H2,1H3,(H,22,26)(H,24,28)(H,25,27). The zero-order valence-corrected chi connectivity index (χ0v) is 19.2. The molecule has 2 aromatic rings. The second-order valence-corrected chi connectivity index (χ2v) is 9.34. The van der Waals surface area contributed by atoms with Gasteiger partial charge in [-0.15, -0.1) is 23.1 Å². The average Bonchev–Trinajstić information content (AvgIpc) is 3.24.